The van der Waals surface area contributed by atoms with Crippen molar-refractivity contribution in [3.8, 4) is 0 Å². The molecule has 0 fully saturated rings. The maximum absolute atomic E-state index is 11.1. The molecule has 0 aliphatic carbocycles. The summed E-state index contributed by atoms with van der Waals surface area (Å²) in [6, 6.07) is -0.329. The Morgan fingerprint density at radius 2 is 2.23 bits per heavy atom. The number of aliphatic hydroxyl groups excluding tert-OH is 1. The van der Waals surface area contributed by atoms with Gasteiger partial charge in [0.15, 0.2) is 0 Å². The van der Waals surface area contributed by atoms with Crippen LogP contribution in [0.4, 0.5) is 4.79 Å². The van der Waals surface area contributed by atoms with E-state index in [0.29, 0.717) is 6.54 Å². The summed E-state index contributed by atoms with van der Waals surface area (Å²) >= 11 is 0. The maximum atomic E-state index is 11.1. The van der Waals surface area contributed by atoms with Gasteiger partial charge in [-0.1, -0.05) is 19.8 Å². The molecule has 0 aromatic heterocycles. The molecule has 0 atom stereocenters. The van der Waals surface area contributed by atoms with Crippen molar-refractivity contribution in [2.45, 2.75) is 26.2 Å². The number of rotatable bonds is 6. The molecule has 0 aromatic carbocycles. The Balaban J connectivity index is 3.38. The van der Waals surface area contributed by atoms with Gasteiger partial charge in [-0.2, -0.15) is 0 Å². The number of aliphatic hydroxyl groups is 1. The van der Waals surface area contributed by atoms with Gasteiger partial charge in [-0.3, -0.25) is 5.01 Å². The Kier molecular flexibility index (Phi) is 7.33. The van der Waals surface area contributed by atoms with Gasteiger partial charge in [0.1, 0.15) is 0 Å². The zero-order valence-electron chi connectivity index (χ0n) is 8.12. The van der Waals surface area contributed by atoms with Crippen molar-refractivity contribution < 1.29 is 9.90 Å². The van der Waals surface area contributed by atoms with Crippen molar-refractivity contribution >= 4 is 6.03 Å². The number of amides is 2. The van der Waals surface area contributed by atoms with Gasteiger partial charge < -0.3 is 10.4 Å². The number of carbonyl (C=O) groups excluding carboxylic acids is 1. The average molecular weight is 189 g/mol. The van der Waals surface area contributed by atoms with Gasteiger partial charge in [0.2, 0.25) is 0 Å². The Morgan fingerprint density at radius 3 is 2.77 bits per heavy atom. The van der Waals surface area contributed by atoms with E-state index in [1.807, 2.05) is 0 Å². The van der Waals surface area contributed by atoms with Gasteiger partial charge in [0.25, 0.3) is 0 Å². The van der Waals surface area contributed by atoms with E-state index >= 15 is 0 Å². The van der Waals surface area contributed by atoms with Crippen LogP contribution in [0.2, 0.25) is 0 Å². The van der Waals surface area contributed by atoms with Crippen LogP contribution in [0.1, 0.15) is 26.2 Å². The van der Waals surface area contributed by atoms with E-state index in [1.165, 1.54) is 0 Å². The summed E-state index contributed by atoms with van der Waals surface area (Å²) < 4.78 is 0. The first-order valence-electron chi connectivity index (χ1n) is 4.63. The first-order chi connectivity index (χ1) is 6.22. The van der Waals surface area contributed by atoms with E-state index < -0.39 is 0 Å². The smallest absolute Gasteiger partial charge is 0.331 e. The molecule has 0 aromatic rings. The lowest BCUT2D eigenvalue weighted by Crippen LogP contribution is -2.46. The Morgan fingerprint density at radius 1 is 1.54 bits per heavy atom. The fourth-order valence-corrected chi connectivity index (χ4v) is 0.881. The molecule has 0 saturated heterocycles. The van der Waals surface area contributed by atoms with Crippen LogP contribution in [-0.2, 0) is 0 Å². The normalized spacial score (nSPS) is 9.77. The molecule has 4 N–H and O–H groups in total. The molecule has 78 valence electrons. The number of nitrogens with zero attached hydrogens (tertiary/aromatic N) is 1. The highest BCUT2D eigenvalue weighted by molar-refractivity contribution is 5.73. The molecule has 0 aliphatic heterocycles. The van der Waals surface area contributed by atoms with Crippen LogP contribution in [0.5, 0.6) is 0 Å². The van der Waals surface area contributed by atoms with E-state index in [0.717, 1.165) is 24.3 Å². The van der Waals surface area contributed by atoms with Gasteiger partial charge >= 0.3 is 6.03 Å². The summed E-state index contributed by atoms with van der Waals surface area (Å²) in [6.45, 7) is 2.80. The topological polar surface area (TPSA) is 78.6 Å². The molecule has 0 unspecified atom stereocenters. The van der Waals surface area contributed by atoms with Crippen LogP contribution in [-0.4, -0.2) is 35.8 Å². The third-order valence-corrected chi connectivity index (χ3v) is 1.66. The summed E-state index contributed by atoms with van der Waals surface area (Å²) in [6.07, 6.45) is 3.19. The van der Waals surface area contributed by atoms with Crippen LogP contribution in [0.15, 0.2) is 0 Å². The highest BCUT2D eigenvalue weighted by Crippen LogP contribution is 1.91. The first-order valence-corrected chi connectivity index (χ1v) is 4.63. The van der Waals surface area contributed by atoms with E-state index in [4.69, 9.17) is 10.9 Å². The lowest BCUT2D eigenvalue weighted by atomic mass is 10.2. The Labute approximate surface area is 78.9 Å². The summed E-state index contributed by atoms with van der Waals surface area (Å²) in [5.41, 5.74) is 0. The zero-order valence-corrected chi connectivity index (χ0v) is 8.12. The van der Waals surface area contributed by atoms with Crippen LogP contribution >= 0.6 is 0 Å². The fraction of sp³-hybridized carbons (Fsp3) is 0.875. The molecule has 5 nitrogen and oxygen atoms in total. The number of nitrogens with one attached hydrogen (secondary N) is 1. The van der Waals surface area contributed by atoms with Gasteiger partial charge in [-0.25, -0.2) is 10.6 Å². The summed E-state index contributed by atoms with van der Waals surface area (Å²) in [7, 11) is 0. The summed E-state index contributed by atoms with van der Waals surface area (Å²) in [5.74, 6) is 5.30. The second-order valence-corrected chi connectivity index (χ2v) is 2.86. The van der Waals surface area contributed by atoms with Gasteiger partial charge in [-0.15, -0.1) is 0 Å². The molecule has 0 rings (SSSR count). The lowest BCUT2D eigenvalue weighted by Gasteiger charge is -2.15. The SMILES string of the molecule is CCCCCNC(=O)N(N)CCO. The summed E-state index contributed by atoms with van der Waals surface area (Å²) in [4.78, 5) is 11.1. The lowest BCUT2D eigenvalue weighted by molar-refractivity contribution is 0.178. The predicted molar refractivity (Wildman–Crippen MR) is 50.9 cm³/mol. The molecular weight excluding hydrogens is 170 g/mol. The third-order valence-electron chi connectivity index (χ3n) is 1.66. The number of hydrogen-bond acceptors (Lipinski definition) is 3. The number of nitrogens with two attached hydrogens (primary N) is 1. The molecule has 0 radical (unpaired) electrons. The van der Waals surface area contributed by atoms with Crippen molar-refractivity contribution in [3.63, 3.8) is 0 Å². The Bertz CT molecular complexity index is 141. The molecule has 0 heterocycles. The minimum atomic E-state index is -0.329. The fourth-order valence-electron chi connectivity index (χ4n) is 0.881. The first kappa shape index (κ1) is 12.2. The number of carbonyl (C=O) groups is 1. The average Bonchev–Trinajstić information content (AvgIpc) is 2.12. The number of hydrazine groups is 1. The van der Waals surface area contributed by atoms with Crippen molar-refractivity contribution in [2.75, 3.05) is 19.7 Å². The van der Waals surface area contributed by atoms with E-state index in [2.05, 4.69) is 12.2 Å². The van der Waals surface area contributed by atoms with Gasteiger partial charge in [0.05, 0.1) is 13.2 Å². The molecule has 0 aliphatic rings. The quantitative estimate of drug-likeness (QED) is 0.239. The molecule has 13 heavy (non-hydrogen) atoms. The Hall–Kier alpha value is -0.810. The van der Waals surface area contributed by atoms with Gasteiger partial charge in [0, 0.05) is 6.54 Å². The highest BCUT2D eigenvalue weighted by atomic mass is 16.3. The van der Waals surface area contributed by atoms with E-state index in [-0.39, 0.29) is 19.2 Å². The number of urea groups is 1. The zero-order chi connectivity index (χ0) is 10.1. The standard InChI is InChI=1S/C8H19N3O2/c1-2-3-4-5-10-8(13)11(9)6-7-12/h12H,2-7,9H2,1H3,(H,10,13). The summed E-state index contributed by atoms with van der Waals surface area (Å²) in [5, 5.41) is 12.1. The minimum Gasteiger partial charge on any atom is -0.394 e. The number of unbranched alkanes of at least 4 members (excludes halogenated alkanes) is 2. The number of hydrogen-bond donors (Lipinski definition) is 3. The van der Waals surface area contributed by atoms with Crippen molar-refractivity contribution in [3.05, 3.63) is 0 Å². The predicted octanol–water partition coefficient (Wildman–Crippen LogP) is 0.0542. The van der Waals surface area contributed by atoms with E-state index in [1.54, 1.807) is 0 Å². The van der Waals surface area contributed by atoms with E-state index in [9.17, 15) is 4.79 Å². The van der Waals surface area contributed by atoms with Crippen LogP contribution in [0, 0.1) is 0 Å². The van der Waals surface area contributed by atoms with Crippen molar-refractivity contribution in [2.24, 2.45) is 5.84 Å². The second-order valence-electron chi connectivity index (χ2n) is 2.86. The molecule has 0 bridgehead atoms. The monoisotopic (exact) mass is 189 g/mol. The van der Waals surface area contributed by atoms with Crippen molar-refractivity contribution in [1.82, 2.24) is 10.3 Å². The largest absolute Gasteiger partial charge is 0.394 e. The maximum Gasteiger partial charge on any atom is 0.331 e. The van der Waals surface area contributed by atoms with Crippen molar-refractivity contribution in [1.29, 1.82) is 0 Å². The van der Waals surface area contributed by atoms with Gasteiger partial charge in [-0.05, 0) is 6.42 Å². The molecule has 0 saturated carbocycles. The molecule has 5 heteroatoms. The molecule has 0 spiro atoms. The highest BCUT2D eigenvalue weighted by Gasteiger charge is 2.05. The minimum absolute atomic E-state index is 0.112. The van der Waals surface area contributed by atoms with Crippen LogP contribution in [0.3, 0.4) is 0 Å². The molecule has 2 amide bonds. The third kappa shape index (κ3) is 6.36. The van der Waals surface area contributed by atoms with Crippen LogP contribution < -0.4 is 11.2 Å². The van der Waals surface area contributed by atoms with Crippen LogP contribution in [0.25, 0.3) is 0 Å². The molecular formula is C8H19N3O2. The second kappa shape index (κ2) is 7.82.